The number of aryl methyl sites for hydroxylation is 1. The lowest BCUT2D eigenvalue weighted by Gasteiger charge is -2.22. The maximum absolute atomic E-state index is 13.5. The molecule has 1 aromatic heterocycles. The number of sulfonamides is 1. The van der Waals surface area contributed by atoms with Gasteiger partial charge in [0.1, 0.15) is 5.82 Å². The molecule has 170 valence electrons. The van der Waals surface area contributed by atoms with Gasteiger partial charge < -0.3 is 4.90 Å². The van der Waals surface area contributed by atoms with E-state index in [1.165, 1.54) is 22.7 Å². The van der Waals surface area contributed by atoms with Gasteiger partial charge in [-0.05, 0) is 30.4 Å². The lowest BCUT2D eigenvalue weighted by Crippen LogP contribution is -2.35. The van der Waals surface area contributed by atoms with Crippen molar-refractivity contribution < 1.29 is 8.42 Å². The van der Waals surface area contributed by atoms with Crippen LogP contribution >= 0.6 is 11.5 Å². The predicted octanol–water partition coefficient (Wildman–Crippen LogP) is 4.49. The summed E-state index contributed by atoms with van der Waals surface area (Å²) in [5.74, 6) is 0.809. The van der Waals surface area contributed by atoms with Gasteiger partial charge in [0.2, 0.25) is 15.2 Å². The average molecular weight is 479 g/mol. The molecule has 3 aromatic carbocycles. The summed E-state index contributed by atoms with van der Waals surface area (Å²) in [5.41, 5.74) is 2.42. The first-order valence-electron chi connectivity index (χ1n) is 11.1. The predicted molar refractivity (Wildman–Crippen MR) is 133 cm³/mol. The van der Waals surface area contributed by atoms with E-state index in [9.17, 15) is 8.42 Å². The molecule has 0 bridgehead atoms. The van der Waals surface area contributed by atoms with Crippen molar-refractivity contribution in [3.63, 3.8) is 0 Å². The highest BCUT2D eigenvalue weighted by Gasteiger charge is 2.29. The molecular weight excluding hydrogens is 452 g/mol. The third kappa shape index (κ3) is 4.64. The molecule has 33 heavy (non-hydrogen) atoms. The van der Waals surface area contributed by atoms with Crippen LogP contribution in [-0.2, 0) is 16.4 Å². The van der Waals surface area contributed by atoms with E-state index >= 15 is 0 Å². The molecule has 8 heteroatoms. The Morgan fingerprint density at radius 3 is 2.55 bits per heavy atom. The zero-order chi connectivity index (χ0) is 22.8. The van der Waals surface area contributed by atoms with Crippen molar-refractivity contribution in [3.05, 3.63) is 83.7 Å². The van der Waals surface area contributed by atoms with Crippen LogP contribution in [0.3, 0.4) is 0 Å². The molecule has 0 aliphatic carbocycles. The van der Waals surface area contributed by atoms with Crippen LogP contribution in [0.25, 0.3) is 10.8 Å². The highest BCUT2D eigenvalue weighted by Crippen LogP contribution is 2.27. The fraction of sp³-hybridized carbons (Fsp3) is 0.280. The van der Waals surface area contributed by atoms with E-state index in [0.29, 0.717) is 31.0 Å². The van der Waals surface area contributed by atoms with E-state index < -0.39 is 10.0 Å². The van der Waals surface area contributed by atoms with Gasteiger partial charge in [-0.1, -0.05) is 66.2 Å². The molecule has 0 saturated carbocycles. The molecule has 1 aliphatic rings. The number of rotatable bonds is 5. The maximum Gasteiger partial charge on any atom is 0.243 e. The fourth-order valence-corrected chi connectivity index (χ4v) is 6.64. The van der Waals surface area contributed by atoms with Crippen LogP contribution in [0, 0.1) is 6.92 Å². The number of aromatic nitrogens is 2. The molecule has 0 atom stereocenters. The molecule has 0 radical (unpaired) electrons. The minimum atomic E-state index is -3.58. The Bertz CT molecular complexity index is 1360. The van der Waals surface area contributed by atoms with Crippen LogP contribution in [0.1, 0.15) is 23.4 Å². The van der Waals surface area contributed by atoms with E-state index in [1.54, 1.807) is 10.4 Å². The number of hydrogen-bond donors (Lipinski definition) is 0. The minimum Gasteiger partial charge on any atom is -0.345 e. The Hall–Kier alpha value is -2.81. The highest BCUT2D eigenvalue weighted by molar-refractivity contribution is 7.89. The fourth-order valence-electron chi connectivity index (χ4n) is 4.22. The molecule has 5 rings (SSSR count). The first kappa shape index (κ1) is 22.0. The standard InChI is InChI=1S/C25H26N4O2S2/c1-19-10-12-20(13-11-19)18-24-26-25(32-27-24)28-14-5-15-29(17-16-28)33(30,31)23-9-4-7-21-6-2-3-8-22(21)23/h2-4,6-13H,5,14-18H2,1H3. The molecule has 4 aromatic rings. The molecule has 0 unspecified atom stereocenters. The normalized spacial score (nSPS) is 15.6. The van der Waals surface area contributed by atoms with Gasteiger partial charge in [-0.25, -0.2) is 13.4 Å². The van der Waals surface area contributed by atoms with Gasteiger partial charge in [0.15, 0.2) is 0 Å². The highest BCUT2D eigenvalue weighted by atomic mass is 32.2. The summed E-state index contributed by atoms with van der Waals surface area (Å²) in [7, 11) is -3.58. The molecule has 6 nitrogen and oxygen atoms in total. The molecule has 1 saturated heterocycles. The van der Waals surface area contributed by atoms with Gasteiger partial charge in [0.05, 0.1) is 4.90 Å². The van der Waals surface area contributed by atoms with Crippen molar-refractivity contribution in [1.29, 1.82) is 0 Å². The van der Waals surface area contributed by atoms with Gasteiger partial charge in [-0.2, -0.15) is 8.68 Å². The monoisotopic (exact) mass is 478 g/mol. The topological polar surface area (TPSA) is 66.4 Å². The van der Waals surface area contributed by atoms with Crippen LogP contribution < -0.4 is 4.90 Å². The largest absolute Gasteiger partial charge is 0.345 e. The van der Waals surface area contributed by atoms with Crippen LogP contribution in [0.4, 0.5) is 5.13 Å². The lowest BCUT2D eigenvalue weighted by molar-refractivity contribution is 0.433. The SMILES string of the molecule is Cc1ccc(Cc2nsc(N3CCCN(S(=O)(=O)c4cccc5ccccc45)CC3)n2)cc1. The third-order valence-corrected chi connectivity index (χ3v) is 8.80. The Morgan fingerprint density at radius 1 is 0.909 bits per heavy atom. The molecule has 2 heterocycles. The summed E-state index contributed by atoms with van der Waals surface area (Å²) in [4.78, 5) is 7.29. The van der Waals surface area contributed by atoms with Gasteiger partial charge in [-0.15, -0.1) is 0 Å². The summed E-state index contributed by atoms with van der Waals surface area (Å²) >= 11 is 1.39. The number of anilines is 1. The van der Waals surface area contributed by atoms with E-state index in [-0.39, 0.29) is 0 Å². The van der Waals surface area contributed by atoms with E-state index in [2.05, 4.69) is 40.5 Å². The smallest absolute Gasteiger partial charge is 0.243 e. The maximum atomic E-state index is 13.5. The van der Waals surface area contributed by atoms with Gasteiger partial charge in [-0.3, -0.25) is 0 Å². The Kier molecular flexibility index (Phi) is 6.14. The van der Waals surface area contributed by atoms with Crippen molar-refractivity contribution in [3.8, 4) is 0 Å². The molecule has 0 spiro atoms. The lowest BCUT2D eigenvalue weighted by atomic mass is 10.1. The molecule has 1 fully saturated rings. The van der Waals surface area contributed by atoms with Crippen molar-refractivity contribution in [2.45, 2.75) is 24.7 Å². The van der Waals surface area contributed by atoms with E-state index in [0.717, 1.165) is 34.7 Å². The second-order valence-electron chi connectivity index (χ2n) is 8.38. The third-order valence-electron chi connectivity index (χ3n) is 6.03. The second-order valence-corrected chi connectivity index (χ2v) is 11.0. The number of benzene rings is 3. The summed E-state index contributed by atoms with van der Waals surface area (Å²) in [6, 6.07) is 21.5. The van der Waals surface area contributed by atoms with Crippen molar-refractivity contribution in [2.24, 2.45) is 0 Å². The van der Waals surface area contributed by atoms with Crippen LogP contribution in [-0.4, -0.2) is 48.3 Å². The molecular formula is C25H26N4O2S2. The van der Waals surface area contributed by atoms with Crippen LogP contribution in [0.2, 0.25) is 0 Å². The second kappa shape index (κ2) is 9.21. The summed E-state index contributed by atoms with van der Waals surface area (Å²) in [6.45, 7) is 4.37. The first-order valence-corrected chi connectivity index (χ1v) is 13.3. The Balaban J connectivity index is 1.31. The van der Waals surface area contributed by atoms with E-state index in [4.69, 9.17) is 4.98 Å². The molecule has 1 aliphatic heterocycles. The van der Waals surface area contributed by atoms with Crippen LogP contribution in [0.15, 0.2) is 71.6 Å². The number of hydrogen-bond acceptors (Lipinski definition) is 6. The summed E-state index contributed by atoms with van der Waals surface area (Å²) < 4.78 is 33.2. The van der Waals surface area contributed by atoms with Crippen molar-refractivity contribution in [1.82, 2.24) is 13.7 Å². The zero-order valence-corrected chi connectivity index (χ0v) is 20.1. The van der Waals surface area contributed by atoms with Crippen LogP contribution in [0.5, 0.6) is 0 Å². The number of fused-ring (bicyclic) bond motifs is 1. The van der Waals surface area contributed by atoms with Gasteiger partial charge >= 0.3 is 0 Å². The van der Waals surface area contributed by atoms with Crippen molar-refractivity contribution >= 4 is 37.5 Å². The van der Waals surface area contributed by atoms with E-state index in [1.807, 2.05) is 36.4 Å². The molecule has 0 amide bonds. The summed E-state index contributed by atoms with van der Waals surface area (Å²) in [5, 5.41) is 2.57. The quantitative estimate of drug-likeness (QED) is 0.423. The summed E-state index contributed by atoms with van der Waals surface area (Å²) in [6.07, 6.45) is 1.45. The van der Waals surface area contributed by atoms with Gasteiger partial charge in [0, 0.05) is 49.5 Å². The first-order chi connectivity index (χ1) is 16.0. The Labute approximate surface area is 198 Å². The Morgan fingerprint density at radius 2 is 1.70 bits per heavy atom. The minimum absolute atomic E-state index is 0.380. The van der Waals surface area contributed by atoms with Gasteiger partial charge in [0.25, 0.3) is 0 Å². The average Bonchev–Trinajstić information content (AvgIpc) is 3.14. The number of nitrogens with zero attached hydrogens (tertiary/aromatic N) is 4. The van der Waals surface area contributed by atoms with Crippen molar-refractivity contribution in [2.75, 3.05) is 31.1 Å². The zero-order valence-electron chi connectivity index (χ0n) is 18.5. The molecule has 0 N–H and O–H groups in total.